The number of fused-ring (bicyclic) bond motifs is 3. The lowest BCUT2D eigenvalue weighted by atomic mass is 9.82. The summed E-state index contributed by atoms with van der Waals surface area (Å²) in [6.07, 6.45) is 2.60. The van der Waals surface area contributed by atoms with Gasteiger partial charge in [-0.1, -0.05) is 20.4 Å². The summed E-state index contributed by atoms with van der Waals surface area (Å²) in [6, 6.07) is 0. The van der Waals surface area contributed by atoms with E-state index >= 15 is 0 Å². The molecule has 6 heteroatoms. The Hall–Kier alpha value is -2.37. The maximum atomic E-state index is 12.5. The van der Waals surface area contributed by atoms with E-state index in [1.807, 2.05) is 6.92 Å². The summed E-state index contributed by atoms with van der Waals surface area (Å²) in [6.45, 7) is 11.0. The van der Waals surface area contributed by atoms with Gasteiger partial charge in [0.15, 0.2) is 5.60 Å². The standard InChI is InChI=1S/C20H24O6/c1-6-10(2)18(22)25-15-9-20(5)16(21)8-13(26-20)11(3)7-14-17(15)12(4)19(23)24-14/h7-8,10,14-15,17H,4,6,9H2,1-3,5H3/b11-7-/t10?,14-,15-,17?,20-/m1/s1. The molecule has 0 saturated carbocycles. The molecule has 0 aliphatic carbocycles. The molecule has 0 N–H and O–H groups in total. The molecular formula is C20H24O6. The number of carbonyl (C=O) groups excluding carboxylic acids is 3. The molecule has 2 unspecified atom stereocenters. The second-order valence-electron chi connectivity index (χ2n) is 7.47. The molecule has 0 spiro atoms. The van der Waals surface area contributed by atoms with Crippen molar-refractivity contribution in [2.45, 2.75) is 58.3 Å². The Morgan fingerprint density at radius 3 is 2.81 bits per heavy atom. The van der Waals surface area contributed by atoms with Gasteiger partial charge in [-0.15, -0.1) is 0 Å². The third-order valence-electron chi connectivity index (χ3n) is 5.46. The highest BCUT2D eigenvalue weighted by Crippen LogP contribution is 2.42. The molecule has 6 nitrogen and oxygen atoms in total. The largest absolute Gasteiger partial charge is 0.479 e. The number of hydrogen-bond donors (Lipinski definition) is 0. The molecule has 1 saturated heterocycles. The molecular weight excluding hydrogens is 336 g/mol. The van der Waals surface area contributed by atoms with E-state index in [0.29, 0.717) is 17.8 Å². The monoisotopic (exact) mass is 360 g/mol. The first kappa shape index (κ1) is 18.4. The van der Waals surface area contributed by atoms with Crippen LogP contribution < -0.4 is 0 Å². The Kier molecular flexibility index (Phi) is 4.54. The van der Waals surface area contributed by atoms with Crippen molar-refractivity contribution in [3.63, 3.8) is 0 Å². The van der Waals surface area contributed by atoms with Crippen LogP contribution in [0.5, 0.6) is 0 Å². The highest BCUT2D eigenvalue weighted by Gasteiger charge is 2.51. The molecule has 3 aliphatic rings. The van der Waals surface area contributed by atoms with Gasteiger partial charge >= 0.3 is 11.9 Å². The Labute approximate surface area is 152 Å². The number of esters is 2. The highest BCUT2D eigenvalue weighted by atomic mass is 16.6. The lowest BCUT2D eigenvalue weighted by Gasteiger charge is -2.32. The van der Waals surface area contributed by atoms with Crippen molar-refractivity contribution in [3.8, 4) is 0 Å². The first-order valence-electron chi connectivity index (χ1n) is 8.90. The summed E-state index contributed by atoms with van der Waals surface area (Å²) in [4.78, 5) is 37.0. The number of ether oxygens (including phenoxy) is 3. The van der Waals surface area contributed by atoms with Gasteiger partial charge in [0.2, 0.25) is 5.78 Å². The van der Waals surface area contributed by atoms with E-state index in [0.717, 1.165) is 0 Å². The van der Waals surface area contributed by atoms with Gasteiger partial charge < -0.3 is 14.2 Å². The van der Waals surface area contributed by atoms with Crippen molar-refractivity contribution < 1.29 is 28.6 Å². The summed E-state index contributed by atoms with van der Waals surface area (Å²) in [7, 11) is 0. The van der Waals surface area contributed by atoms with Crippen molar-refractivity contribution >= 4 is 17.7 Å². The maximum absolute atomic E-state index is 12.5. The quantitative estimate of drug-likeness (QED) is 0.569. The highest BCUT2D eigenvalue weighted by molar-refractivity contribution is 6.00. The van der Waals surface area contributed by atoms with Crippen LogP contribution in [0, 0.1) is 11.8 Å². The molecule has 1 fully saturated rings. The van der Waals surface area contributed by atoms with Gasteiger partial charge in [-0.3, -0.25) is 9.59 Å². The maximum Gasteiger partial charge on any atom is 0.334 e. The Bertz CT molecular complexity index is 745. The van der Waals surface area contributed by atoms with Gasteiger partial charge in [0, 0.05) is 18.1 Å². The van der Waals surface area contributed by atoms with Crippen molar-refractivity contribution in [2.75, 3.05) is 0 Å². The molecule has 140 valence electrons. The molecule has 5 atom stereocenters. The Morgan fingerprint density at radius 1 is 1.46 bits per heavy atom. The van der Waals surface area contributed by atoms with E-state index in [2.05, 4.69) is 6.58 Å². The normalized spacial score (nSPS) is 36.5. The van der Waals surface area contributed by atoms with Crippen molar-refractivity contribution in [3.05, 3.63) is 35.6 Å². The van der Waals surface area contributed by atoms with Gasteiger partial charge in [0.05, 0.1) is 11.8 Å². The number of allylic oxidation sites excluding steroid dienone is 1. The first-order chi connectivity index (χ1) is 12.2. The SMILES string of the molecule is C=C1C(=O)O[C@@H]2/C=C(/C)C3=CC(=O)[C@@](C)(C[C@@H](OC(=O)C(C)CC)C12)O3. The number of ketones is 1. The molecule has 3 aliphatic heterocycles. The van der Waals surface area contributed by atoms with Crippen LogP contribution in [-0.2, 0) is 28.6 Å². The fourth-order valence-electron chi connectivity index (χ4n) is 3.50. The predicted molar refractivity (Wildman–Crippen MR) is 92.8 cm³/mol. The minimum Gasteiger partial charge on any atom is -0.479 e. The lowest BCUT2D eigenvalue weighted by Crippen LogP contribution is -2.43. The topological polar surface area (TPSA) is 78.9 Å². The summed E-state index contributed by atoms with van der Waals surface area (Å²) in [5, 5.41) is 0. The first-order valence-corrected chi connectivity index (χ1v) is 8.90. The van der Waals surface area contributed by atoms with Crippen LogP contribution in [0.4, 0.5) is 0 Å². The van der Waals surface area contributed by atoms with Crippen LogP contribution in [0.2, 0.25) is 0 Å². The lowest BCUT2D eigenvalue weighted by molar-refractivity contribution is -0.161. The van der Waals surface area contributed by atoms with Gasteiger partial charge in [0.1, 0.15) is 18.0 Å². The van der Waals surface area contributed by atoms with E-state index in [1.165, 1.54) is 6.08 Å². The van der Waals surface area contributed by atoms with E-state index in [9.17, 15) is 14.4 Å². The summed E-state index contributed by atoms with van der Waals surface area (Å²) >= 11 is 0. The summed E-state index contributed by atoms with van der Waals surface area (Å²) in [5.41, 5.74) is -0.191. The molecule has 0 aromatic heterocycles. The molecule has 0 aromatic carbocycles. The van der Waals surface area contributed by atoms with Gasteiger partial charge in [-0.25, -0.2) is 4.79 Å². The zero-order chi connectivity index (χ0) is 19.2. The smallest absolute Gasteiger partial charge is 0.334 e. The van der Waals surface area contributed by atoms with Gasteiger partial charge in [-0.05, 0) is 31.9 Å². The molecule has 3 heterocycles. The van der Waals surface area contributed by atoms with E-state index < -0.39 is 29.7 Å². The Morgan fingerprint density at radius 2 is 2.15 bits per heavy atom. The minimum absolute atomic E-state index is 0.131. The molecule has 3 rings (SSSR count). The fourth-order valence-corrected chi connectivity index (χ4v) is 3.50. The van der Waals surface area contributed by atoms with Crippen molar-refractivity contribution in [1.29, 1.82) is 0 Å². The third kappa shape index (κ3) is 2.97. The molecule has 26 heavy (non-hydrogen) atoms. The summed E-state index contributed by atoms with van der Waals surface area (Å²) in [5.74, 6) is -1.43. The zero-order valence-corrected chi connectivity index (χ0v) is 15.5. The fraction of sp³-hybridized carbons (Fsp3) is 0.550. The number of hydrogen-bond acceptors (Lipinski definition) is 6. The van der Waals surface area contributed by atoms with Crippen LogP contribution in [0.3, 0.4) is 0 Å². The molecule has 0 aromatic rings. The van der Waals surface area contributed by atoms with Crippen LogP contribution in [-0.4, -0.2) is 35.5 Å². The predicted octanol–water partition coefficient (Wildman–Crippen LogP) is 2.63. The van der Waals surface area contributed by atoms with E-state index in [-0.39, 0.29) is 29.7 Å². The average molecular weight is 360 g/mol. The third-order valence-corrected chi connectivity index (χ3v) is 5.46. The molecule has 2 bridgehead atoms. The molecule has 0 amide bonds. The Balaban J connectivity index is 2.03. The van der Waals surface area contributed by atoms with Crippen LogP contribution in [0.1, 0.15) is 40.5 Å². The average Bonchev–Trinajstić information content (AvgIpc) is 3.03. The van der Waals surface area contributed by atoms with Crippen LogP contribution in [0.15, 0.2) is 35.6 Å². The van der Waals surface area contributed by atoms with E-state index in [1.54, 1.807) is 26.8 Å². The minimum atomic E-state index is -1.15. The van der Waals surface area contributed by atoms with Gasteiger partial charge in [0.25, 0.3) is 0 Å². The van der Waals surface area contributed by atoms with Crippen molar-refractivity contribution in [2.24, 2.45) is 11.8 Å². The van der Waals surface area contributed by atoms with Crippen LogP contribution >= 0.6 is 0 Å². The number of rotatable bonds is 3. The zero-order valence-electron chi connectivity index (χ0n) is 15.5. The second-order valence-corrected chi connectivity index (χ2v) is 7.47. The van der Waals surface area contributed by atoms with Crippen LogP contribution in [0.25, 0.3) is 0 Å². The second kappa shape index (κ2) is 6.41. The number of carbonyl (C=O) groups is 3. The van der Waals surface area contributed by atoms with Gasteiger partial charge in [-0.2, -0.15) is 0 Å². The van der Waals surface area contributed by atoms with E-state index in [4.69, 9.17) is 14.2 Å². The van der Waals surface area contributed by atoms with Crippen molar-refractivity contribution in [1.82, 2.24) is 0 Å². The molecule has 0 radical (unpaired) electrons. The summed E-state index contributed by atoms with van der Waals surface area (Å²) < 4.78 is 17.1.